The average molecular weight is 241 g/mol. The van der Waals surface area contributed by atoms with Crippen molar-refractivity contribution >= 4 is 11.8 Å². The van der Waals surface area contributed by atoms with Crippen LogP contribution in [0.3, 0.4) is 0 Å². The maximum atomic E-state index is 11.7. The number of hydrogen-bond donors (Lipinski definition) is 2. The Hall–Kier alpha value is -1.31. The minimum absolute atomic E-state index is 0.178. The Morgan fingerprint density at radius 1 is 1.31 bits per heavy atom. The molecule has 0 rings (SSSR count). The minimum atomic E-state index is -4.35. The van der Waals surface area contributed by atoms with Gasteiger partial charge in [0, 0.05) is 14.1 Å². The van der Waals surface area contributed by atoms with Crippen LogP contribution in [-0.2, 0) is 9.59 Å². The van der Waals surface area contributed by atoms with Gasteiger partial charge in [-0.2, -0.15) is 13.2 Å². The molecule has 16 heavy (non-hydrogen) atoms. The average Bonchev–Trinajstić information content (AvgIpc) is 2.15. The Balaban J connectivity index is 3.84. The molecule has 0 aliphatic rings. The molecule has 0 heterocycles. The van der Waals surface area contributed by atoms with Gasteiger partial charge in [0.05, 0.1) is 19.6 Å². The Kier molecular flexibility index (Phi) is 5.79. The van der Waals surface area contributed by atoms with E-state index in [9.17, 15) is 22.8 Å². The molecule has 0 aliphatic heterocycles. The molecule has 5 nitrogen and oxygen atoms in total. The normalized spacial score (nSPS) is 11.1. The third kappa shape index (κ3) is 7.04. The van der Waals surface area contributed by atoms with Crippen molar-refractivity contribution < 1.29 is 22.8 Å². The van der Waals surface area contributed by atoms with Gasteiger partial charge in [0.1, 0.15) is 0 Å². The lowest BCUT2D eigenvalue weighted by Gasteiger charge is -2.16. The molecule has 2 amide bonds. The summed E-state index contributed by atoms with van der Waals surface area (Å²) in [5, 5.41) is 4.25. The number of halogens is 3. The Morgan fingerprint density at radius 3 is 2.31 bits per heavy atom. The quantitative estimate of drug-likeness (QED) is 0.672. The van der Waals surface area contributed by atoms with Crippen molar-refractivity contribution in [1.82, 2.24) is 15.5 Å². The standard InChI is InChI=1S/C8H14F3N3O2/c1-12-6(15)4-14(2)7(16)3-13-5-8(9,10)11/h13H,3-5H2,1-2H3,(H,12,15). The van der Waals surface area contributed by atoms with Crippen LogP contribution in [0.25, 0.3) is 0 Å². The van der Waals surface area contributed by atoms with Crippen molar-refractivity contribution in [2.24, 2.45) is 0 Å². The van der Waals surface area contributed by atoms with E-state index in [0.29, 0.717) is 0 Å². The summed E-state index contributed by atoms with van der Waals surface area (Å²) in [7, 11) is 2.75. The van der Waals surface area contributed by atoms with Crippen LogP contribution < -0.4 is 10.6 Å². The minimum Gasteiger partial charge on any atom is -0.358 e. The van der Waals surface area contributed by atoms with Crippen LogP contribution in [0.2, 0.25) is 0 Å². The fraction of sp³-hybridized carbons (Fsp3) is 0.750. The molecular formula is C8H14F3N3O2. The zero-order valence-corrected chi connectivity index (χ0v) is 9.02. The summed E-state index contributed by atoms with van der Waals surface area (Å²) in [6.07, 6.45) is -4.35. The predicted molar refractivity (Wildman–Crippen MR) is 50.6 cm³/mol. The number of carbonyl (C=O) groups is 2. The number of rotatable bonds is 5. The Morgan fingerprint density at radius 2 is 1.88 bits per heavy atom. The topological polar surface area (TPSA) is 61.4 Å². The summed E-state index contributed by atoms with van der Waals surface area (Å²) >= 11 is 0. The molecular weight excluding hydrogens is 227 g/mol. The second-order valence-corrected chi connectivity index (χ2v) is 3.14. The highest BCUT2D eigenvalue weighted by Gasteiger charge is 2.26. The first-order chi connectivity index (χ1) is 7.26. The molecule has 0 aliphatic carbocycles. The van der Waals surface area contributed by atoms with E-state index in [1.165, 1.54) is 14.1 Å². The molecule has 0 aromatic heterocycles. The summed E-state index contributed by atoms with van der Waals surface area (Å²) in [4.78, 5) is 23.1. The van der Waals surface area contributed by atoms with Gasteiger partial charge >= 0.3 is 6.18 Å². The molecule has 0 unspecified atom stereocenters. The molecule has 0 saturated carbocycles. The fourth-order valence-corrected chi connectivity index (χ4v) is 0.829. The van der Waals surface area contributed by atoms with Crippen molar-refractivity contribution in [2.75, 3.05) is 33.7 Å². The van der Waals surface area contributed by atoms with E-state index in [1.807, 2.05) is 5.32 Å². The zero-order valence-electron chi connectivity index (χ0n) is 9.02. The van der Waals surface area contributed by atoms with E-state index in [-0.39, 0.29) is 12.5 Å². The first-order valence-electron chi connectivity index (χ1n) is 4.48. The molecule has 94 valence electrons. The lowest BCUT2D eigenvalue weighted by atomic mass is 10.4. The largest absolute Gasteiger partial charge is 0.401 e. The fourth-order valence-electron chi connectivity index (χ4n) is 0.829. The van der Waals surface area contributed by atoms with E-state index in [0.717, 1.165) is 4.90 Å². The molecule has 0 radical (unpaired) electrons. The summed E-state index contributed by atoms with van der Waals surface area (Å²) in [6, 6.07) is 0. The first-order valence-corrected chi connectivity index (χ1v) is 4.48. The van der Waals surface area contributed by atoms with E-state index in [2.05, 4.69) is 5.32 Å². The maximum absolute atomic E-state index is 11.7. The van der Waals surface area contributed by atoms with E-state index in [4.69, 9.17) is 0 Å². The number of nitrogens with zero attached hydrogens (tertiary/aromatic N) is 1. The highest BCUT2D eigenvalue weighted by Crippen LogP contribution is 2.11. The lowest BCUT2D eigenvalue weighted by molar-refractivity contribution is -0.136. The number of hydrogen-bond acceptors (Lipinski definition) is 3. The van der Waals surface area contributed by atoms with Gasteiger partial charge in [-0.15, -0.1) is 0 Å². The highest BCUT2D eigenvalue weighted by molar-refractivity contribution is 5.85. The van der Waals surface area contributed by atoms with Crippen molar-refractivity contribution in [2.45, 2.75) is 6.18 Å². The first kappa shape index (κ1) is 14.7. The molecule has 0 aromatic carbocycles. The van der Waals surface area contributed by atoms with Gasteiger partial charge in [0.25, 0.3) is 0 Å². The highest BCUT2D eigenvalue weighted by atomic mass is 19.4. The summed E-state index contributed by atoms with van der Waals surface area (Å²) in [5.74, 6) is -0.959. The number of likely N-dealkylation sites (N-methyl/N-ethyl adjacent to an activating group) is 2. The van der Waals surface area contributed by atoms with E-state index < -0.39 is 25.2 Å². The summed E-state index contributed by atoms with van der Waals surface area (Å²) in [6.45, 7) is -1.86. The van der Waals surface area contributed by atoms with Crippen molar-refractivity contribution in [3.63, 3.8) is 0 Å². The third-order valence-corrected chi connectivity index (χ3v) is 1.69. The molecule has 0 fully saturated rings. The molecule has 0 atom stereocenters. The SMILES string of the molecule is CNC(=O)CN(C)C(=O)CNCC(F)(F)F. The van der Waals surface area contributed by atoms with Crippen molar-refractivity contribution in [3.8, 4) is 0 Å². The zero-order chi connectivity index (χ0) is 12.8. The number of nitrogens with one attached hydrogen (secondary N) is 2. The van der Waals surface area contributed by atoms with Gasteiger partial charge in [-0.1, -0.05) is 0 Å². The molecule has 0 aromatic rings. The van der Waals surface area contributed by atoms with Crippen LogP contribution >= 0.6 is 0 Å². The van der Waals surface area contributed by atoms with Crippen LogP contribution in [0.5, 0.6) is 0 Å². The van der Waals surface area contributed by atoms with Gasteiger partial charge in [0.2, 0.25) is 11.8 Å². The van der Waals surface area contributed by atoms with Gasteiger partial charge in [0.15, 0.2) is 0 Å². The molecule has 0 spiro atoms. The summed E-state index contributed by atoms with van der Waals surface area (Å²) in [5.41, 5.74) is 0. The van der Waals surface area contributed by atoms with Gasteiger partial charge < -0.3 is 15.5 Å². The van der Waals surface area contributed by atoms with Crippen LogP contribution in [0.4, 0.5) is 13.2 Å². The summed E-state index contributed by atoms with van der Waals surface area (Å²) < 4.78 is 35.2. The van der Waals surface area contributed by atoms with E-state index in [1.54, 1.807) is 0 Å². The smallest absolute Gasteiger partial charge is 0.358 e. The maximum Gasteiger partial charge on any atom is 0.401 e. The van der Waals surface area contributed by atoms with Crippen LogP contribution in [-0.4, -0.2) is 56.6 Å². The van der Waals surface area contributed by atoms with Crippen LogP contribution in [0.15, 0.2) is 0 Å². The predicted octanol–water partition coefficient (Wildman–Crippen LogP) is -0.657. The number of carbonyl (C=O) groups excluding carboxylic acids is 2. The number of alkyl halides is 3. The second-order valence-electron chi connectivity index (χ2n) is 3.14. The second kappa shape index (κ2) is 6.31. The molecule has 0 saturated heterocycles. The molecule has 2 N–H and O–H groups in total. The number of amides is 2. The van der Waals surface area contributed by atoms with Gasteiger partial charge in [-0.05, 0) is 0 Å². The monoisotopic (exact) mass is 241 g/mol. The molecule has 0 bridgehead atoms. The van der Waals surface area contributed by atoms with Crippen LogP contribution in [0.1, 0.15) is 0 Å². The lowest BCUT2D eigenvalue weighted by Crippen LogP contribution is -2.42. The van der Waals surface area contributed by atoms with Crippen LogP contribution in [0, 0.1) is 0 Å². The Bertz CT molecular complexity index is 255. The van der Waals surface area contributed by atoms with Crippen molar-refractivity contribution in [3.05, 3.63) is 0 Å². The third-order valence-electron chi connectivity index (χ3n) is 1.69. The Labute approximate surface area is 91.0 Å². The van der Waals surface area contributed by atoms with E-state index >= 15 is 0 Å². The van der Waals surface area contributed by atoms with Gasteiger partial charge in [-0.25, -0.2) is 0 Å². The molecule has 8 heteroatoms. The van der Waals surface area contributed by atoms with Crippen molar-refractivity contribution in [1.29, 1.82) is 0 Å². The van der Waals surface area contributed by atoms with Gasteiger partial charge in [-0.3, -0.25) is 9.59 Å².